The van der Waals surface area contributed by atoms with Crippen molar-refractivity contribution in [2.45, 2.75) is 58.3 Å². The van der Waals surface area contributed by atoms with E-state index in [-0.39, 0.29) is 0 Å². The Kier molecular flexibility index (Phi) is 5.53. The molecule has 3 heteroatoms. The number of hydrogen-bond donors (Lipinski definition) is 3. The second-order valence-electron chi connectivity index (χ2n) is 6.12. The van der Waals surface area contributed by atoms with Gasteiger partial charge in [-0.3, -0.25) is 0 Å². The zero-order chi connectivity index (χ0) is 14.6. The lowest BCUT2D eigenvalue weighted by atomic mass is 9.97. The summed E-state index contributed by atoms with van der Waals surface area (Å²) in [6.45, 7) is 10.3. The topological polar surface area (TPSA) is 52.5 Å². The Morgan fingerprint density at radius 2 is 1.47 bits per heavy atom. The van der Waals surface area contributed by atoms with Gasteiger partial charge >= 0.3 is 0 Å². The fourth-order valence-electron chi connectivity index (χ4n) is 1.73. The molecule has 3 nitrogen and oxygen atoms in total. The van der Waals surface area contributed by atoms with E-state index in [4.69, 9.17) is 0 Å². The van der Waals surface area contributed by atoms with E-state index < -0.39 is 17.7 Å². The lowest BCUT2D eigenvalue weighted by Gasteiger charge is -2.30. The van der Waals surface area contributed by atoms with E-state index in [0.717, 1.165) is 5.56 Å². The van der Waals surface area contributed by atoms with Gasteiger partial charge in [0.25, 0.3) is 0 Å². The fraction of sp³-hybridized carbons (Fsp3) is 0.625. The Balaban J connectivity index is 2.61. The highest BCUT2D eigenvalue weighted by Gasteiger charge is 2.24. The van der Waals surface area contributed by atoms with Gasteiger partial charge in [0.15, 0.2) is 0 Å². The predicted molar refractivity (Wildman–Crippen MR) is 79.3 cm³/mol. The summed E-state index contributed by atoms with van der Waals surface area (Å²) in [5.41, 5.74) is 1.77. The summed E-state index contributed by atoms with van der Waals surface area (Å²) >= 11 is 0. The minimum Gasteiger partial charge on any atom is -0.392 e. The minimum absolute atomic E-state index is 0.404. The van der Waals surface area contributed by atoms with Gasteiger partial charge in [0.05, 0.1) is 12.2 Å². The third-order valence-corrected chi connectivity index (χ3v) is 3.78. The van der Waals surface area contributed by atoms with E-state index in [2.05, 4.69) is 31.3 Å². The second-order valence-corrected chi connectivity index (χ2v) is 6.12. The van der Waals surface area contributed by atoms with Crippen LogP contribution in [0.2, 0.25) is 0 Å². The highest BCUT2D eigenvalue weighted by atomic mass is 16.3. The molecule has 0 heterocycles. The highest BCUT2D eigenvalue weighted by Crippen LogP contribution is 2.19. The molecule has 0 amide bonds. The largest absolute Gasteiger partial charge is 0.392 e. The molecule has 1 rings (SSSR count). The van der Waals surface area contributed by atoms with Crippen LogP contribution in [-0.4, -0.2) is 28.4 Å². The summed E-state index contributed by atoms with van der Waals surface area (Å²) in [6, 6.07) is 8.06. The first-order valence-electron chi connectivity index (χ1n) is 6.95. The van der Waals surface area contributed by atoms with Crippen molar-refractivity contribution in [2.75, 3.05) is 6.54 Å². The zero-order valence-corrected chi connectivity index (χ0v) is 12.6. The molecule has 0 bridgehead atoms. The number of nitrogens with one attached hydrogen (secondary N) is 1. The minimum atomic E-state index is -0.556. The van der Waals surface area contributed by atoms with Crippen LogP contribution in [0.3, 0.4) is 0 Å². The maximum absolute atomic E-state index is 10.2. The first kappa shape index (κ1) is 16.2. The summed E-state index contributed by atoms with van der Waals surface area (Å²) in [5, 5.41) is 23.0. The Hall–Kier alpha value is -0.900. The molecule has 0 aliphatic heterocycles. The molecule has 0 saturated carbocycles. The van der Waals surface area contributed by atoms with Crippen molar-refractivity contribution >= 4 is 0 Å². The molecule has 0 aromatic heterocycles. The SMILES string of the molecule is CC(C)c1ccc(C(O)CNC(C)(C)C(C)O)cc1. The molecule has 1 aromatic rings. The summed E-state index contributed by atoms with van der Waals surface area (Å²) in [5.74, 6) is 0.499. The van der Waals surface area contributed by atoms with Gasteiger partial charge in [0.2, 0.25) is 0 Å². The molecule has 0 radical (unpaired) electrons. The molecule has 19 heavy (non-hydrogen) atoms. The van der Waals surface area contributed by atoms with E-state index in [1.807, 2.05) is 26.0 Å². The number of aliphatic hydroxyl groups excluding tert-OH is 2. The van der Waals surface area contributed by atoms with Crippen molar-refractivity contribution in [1.82, 2.24) is 5.32 Å². The van der Waals surface area contributed by atoms with Crippen LogP contribution in [0.15, 0.2) is 24.3 Å². The Labute approximate surface area is 116 Å². The summed E-state index contributed by atoms with van der Waals surface area (Å²) in [6.07, 6.45) is -1.03. The van der Waals surface area contributed by atoms with Crippen LogP contribution in [0.5, 0.6) is 0 Å². The van der Waals surface area contributed by atoms with Crippen LogP contribution in [0.25, 0.3) is 0 Å². The number of β-amino-alcohol motifs (C(OH)–C–C–N with tert-alkyl or cyclic N) is 1. The molecule has 0 aliphatic rings. The van der Waals surface area contributed by atoms with Gasteiger partial charge in [-0.25, -0.2) is 0 Å². The van der Waals surface area contributed by atoms with Gasteiger partial charge in [-0.05, 0) is 37.8 Å². The normalized spacial score (nSPS) is 15.6. The van der Waals surface area contributed by atoms with Gasteiger partial charge in [0.1, 0.15) is 0 Å². The Morgan fingerprint density at radius 3 is 1.89 bits per heavy atom. The standard InChI is InChI=1S/C16H27NO2/c1-11(2)13-6-8-14(9-7-13)15(19)10-17-16(4,5)12(3)18/h6-9,11-12,15,17-19H,10H2,1-5H3. The highest BCUT2D eigenvalue weighted by molar-refractivity contribution is 5.26. The van der Waals surface area contributed by atoms with Crippen LogP contribution in [0.4, 0.5) is 0 Å². The maximum Gasteiger partial charge on any atom is 0.0914 e. The number of rotatable bonds is 6. The van der Waals surface area contributed by atoms with E-state index in [9.17, 15) is 10.2 Å². The molecule has 0 spiro atoms. The smallest absolute Gasteiger partial charge is 0.0914 e. The zero-order valence-electron chi connectivity index (χ0n) is 12.6. The van der Waals surface area contributed by atoms with Crippen molar-refractivity contribution < 1.29 is 10.2 Å². The summed E-state index contributed by atoms with van der Waals surface area (Å²) < 4.78 is 0. The molecular formula is C16H27NO2. The van der Waals surface area contributed by atoms with E-state index in [1.165, 1.54) is 5.56 Å². The molecule has 2 atom stereocenters. The molecule has 0 aliphatic carbocycles. The molecule has 108 valence electrons. The van der Waals surface area contributed by atoms with Crippen molar-refractivity contribution in [2.24, 2.45) is 0 Å². The van der Waals surface area contributed by atoms with Crippen LogP contribution >= 0.6 is 0 Å². The Morgan fingerprint density at radius 1 is 1.00 bits per heavy atom. The number of hydrogen-bond acceptors (Lipinski definition) is 3. The van der Waals surface area contributed by atoms with Gasteiger partial charge in [-0.2, -0.15) is 0 Å². The first-order chi connectivity index (χ1) is 8.74. The van der Waals surface area contributed by atoms with Crippen molar-refractivity contribution in [3.8, 4) is 0 Å². The van der Waals surface area contributed by atoms with E-state index in [1.54, 1.807) is 6.92 Å². The van der Waals surface area contributed by atoms with Crippen LogP contribution in [-0.2, 0) is 0 Å². The molecule has 3 N–H and O–H groups in total. The second kappa shape index (κ2) is 6.51. The average Bonchev–Trinajstić information content (AvgIpc) is 2.36. The van der Waals surface area contributed by atoms with Crippen LogP contribution in [0, 0.1) is 0 Å². The molecule has 0 fully saturated rings. The van der Waals surface area contributed by atoms with Crippen molar-refractivity contribution in [3.05, 3.63) is 35.4 Å². The fourth-order valence-corrected chi connectivity index (χ4v) is 1.73. The van der Waals surface area contributed by atoms with Gasteiger partial charge in [-0.1, -0.05) is 38.1 Å². The molecule has 1 aromatic carbocycles. The molecule has 2 unspecified atom stereocenters. The van der Waals surface area contributed by atoms with E-state index in [0.29, 0.717) is 12.5 Å². The van der Waals surface area contributed by atoms with Crippen LogP contribution < -0.4 is 5.32 Å². The average molecular weight is 265 g/mol. The summed E-state index contributed by atoms with van der Waals surface area (Å²) in [7, 11) is 0. The Bertz CT molecular complexity index is 382. The predicted octanol–water partition coefficient (Wildman–Crippen LogP) is 2.59. The van der Waals surface area contributed by atoms with Crippen molar-refractivity contribution in [3.63, 3.8) is 0 Å². The van der Waals surface area contributed by atoms with Gasteiger partial charge in [0, 0.05) is 12.1 Å². The third kappa shape index (κ3) is 4.60. The van der Waals surface area contributed by atoms with Crippen LogP contribution in [0.1, 0.15) is 57.8 Å². The summed E-state index contributed by atoms with van der Waals surface area (Å²) in [4.78, 5) is 0. The van der Waals surface area contributed by atoms with Crippen molar-refractivity contribution in [1.29, 1.82) is 0 Å². The lowest BCUT2D eigenvalue weighted by molar-refractivity contribution is 0.0804. The lowest BCUT2D eigenvalue weighted by Crippen LogP contribution is -2.49. The quantitative estimate of drug-likeness (QED) is 0.741. The van der Waals surface area contributed by atoms with E-state index >= 15 is 0 Å². The third-order valence-electron chi connectivity index (χ3n) is 3.78. The number of aliphatic hydroxyl groups is 2. The monoisotopic (exact) mass is 265 g/mol. The van der Waals surface area contributed by atoms with Gasteiger partial charge in [-0.15, -0.1) is 0 Å². The first-order valence-corrected chi connectivity index (χ1v) is 6.95. The maximum atomic E-state index is 10.2. The number of benzene rings is 1. The molecular weight excluding hydrogens is 238 g/mol. The van der Waals surface area contributed by atoms with Gasteiger partial charge < -0.3 is 15.5 Å². The molecule has 0 saturated heterocycles.